The average molecular weight is 705 g/mol. The van der Waals surface area contributed by atoms with Crippen LogP contribution in [0.15, 0.2) is 60.7 Å². The molecule has 6 rings (SSSR count). The van der Waals surface area contributed by atoms with Gasteiger partial charge in [-0.05, 0) is 88.1 Å². The minimum absolute atomic E-state index is 0.0434. The zero-order chi connectivity index (χ0) is 35.8. The van der Waals surface area contributed by atoms with Crippen molar-refractivity contribution in [2.24, 2.45) is 0 Å². The number of thiophene rings is 1. The highest BCUT2D eigenvalue weighted by molar-refractivity contribution is 7.23. The van der Waals surface area contributed by atoms with Crippen LogP contribution in [0.5, 0.6) is 0 Å². The van der Waals surface area contributed by atoms with Crippen molar-refractivity contribution in [3.63, 3.8) is 0 Å². The summed E-state index contributed by atoms with van der Waals surface area (Å²) in [7, 11) is 0. The third kappa shape index (κ3) is 7.09. The number of rotatable bonds is 4. The number of benzene rings is 3. The van der Waals surface area contributed by atoms with Gasteiger partial charge in [0, 0.05) is 36.5 Å². The maximum atomic E-state index is 5.48. The van der Waals surface area contributed by atoms with Crippen molar-refractivity contribution < 1.29 is 0 Å². The highest BCUT2D eigenvalue weighted by atomic mass is 32.1. The number of aryl methyl sites for hydroxylation is 2. The lowest BCUT2D eigenvalue weighted by atomic mass is 9.79. The maximum absolute atomic E-state index is 5.48. The number of fused-ring (bicyclic) bond motifs is 1. The fraction of sp³-hybridized carbons (Fsp3) is 0.409. The molecule has 0 radical (unpaired) electrons. The van der Waals surface area contributed by atoms with Crippen LogP contribution in [0, 0.1) is 13.8 Å². The molecule has 0 saturated carbocycles. The van der Waals surface area contributed by atoms with Crippen LogP contribution in [0.1, 0.15) is 115 Å². The summed E-state index contributed by atoms with van der Waals surface area (Å²) in [5, 5.41) is 3.41. The lowest BCUT2D eigenvalue weighted by molar-refractivity contribution is 0.568. The average Bonchev–Trinajstić information content (AvgIpc) is 3.69. The van der Waals surface area contributed by atoms with Crippen molar-refractivity contribution >= 4 is 44.1 Å². The molecule has 0 bridgehead atoms. The van der Waals surface area contributed by atoms with Gasteiger partial charge in [0.1, 0.15) is 10.0 Å². The zero-order valence-corrected chi connectivity index (χ0v) is 34.3. The van der Waals surface area contributed by atoms with Crippen LogP contribution in [0.25, 0.3) is 53.1 Å². The largest absolute Gasteiger partial charge is 0.236 e. The van der Waals surface area contributed by atoms with Crippen molar-refractivity contribution in [2.75, 3.05) is 0 Å². The first-order chi connectivity index (χ1) is 22.6. The smallest absolute Gasteiger partial charge is 0.124 e. The van der Waals surface area contributed by atoms with Gasteiger partial charge < -0.3 is 0 Å². The zero-order valence-electron chi connectivity index (χ0n) is 31.9. The van der Waals surface area contributed by atoms with Gasteiger partial charge in [-0.15, -0.1) is 34.0 Å². The first kappa shape index (κ1) is 35.7. The molecule has 0 saturated heterocycles. The number of hydrogen-bond acceptors (Lipinski definition) is 5. The van der Waals surface area contributed by atoms with Crippen molar-refractivity contribution in [3.8, 4) is 43.0 Å². The van der Waals surface area contributed by atoms with E-state index in [9.17, 15) is 0 Å². The first-order valence-electron chi connectivity index (χ1n) is 17.4. The summed E-state index contributed by atoms with van der Waals surface area (Å²) in [6.07, 6.45) is 0. The number of aromatic nitrogens is 2. The predicted octanol–water partition coefficient (Wildman–Crippen LogP) is 14.3. The second-order valence-electron chi connectivity index (χ2n) is 17.7. The molecule has 0 aliphatic heterocycles. The van der Waals surface area contributed by atoms with Gasteiger partial charge in [0.05, 0.1) is 16.3 Å². The maximum Gasteiger partial charge on any atom is 0.124 e. The Labute approximate surface area is 306 Å². The molecule has 0 aliphatic rings. The van der Waals surface area contributed by atoms with Crippen molar-refractivity contribution in [3.05, 3.63) is 92.7 Å². The molecule has 0 fully saturated rings. The monoisotopic (exact) mass is 704 g/mol. The van der Waals surface area contributed by atoms with Crippen molar-refractivity contribution in [2.45, 2.75) is 119 Å². The Kier molecular flexibility index (Phi) is 8.95. The summed E-state index contributed by atoms with van der Waals surface area (Å²) < 4.78 is 1.27. The molecular weight excluding hydrogens is 653 g/mol. The van der Waals surface area contributed by atoms with Gasteiger partial charge >= 0.3 is 0 Å². The summed E-state index contributed by atoms with van der Waals surface area (Å²) in [4.78, 5) is 14.6. The fourth-order valence-electron chi connectivity index (χ4n) is 6.16. The number of thiazole rings is 2. The van der Waals surface area contributed by atoms with Crippen LogP contribution in [0.3, 0.4) is 0 Å². The van der Waals surface area contributed by atoms with E-state index in [4.69, 9.17) is 9.97 Å². The molecule has 3 aromatic heterocycles. The highest BCUT2D eigenvalue weighted by Crippen LogP contribution is 2.49. The molecule has 0 amide bonds. The summed E-state index contributed by atoms with van der Waals surface area (Å²) in [6, 6.07) is 23.0. The second kappa shape index (κ2) is 12.3. The lowest BCUT2D eigenvalue weighted by Gasteiger charge is -2.26. The van der Waals surface area contributed by atoms with E-state index in [1.54, 1.807) is 22.7 Å². The fourth-order valence-corrected chi connectivity index (χ4v) is 9.29. The van der Waals surface area contributed by atoms with E-state index in [0.29, 0.717) is 0 Å². The van der Waals surface area contributed by atoms with Gasteiger partial charge in [-0.2, -0.15) is 0 Å². The minimum atomic E-state index is 0.0434. The van der Waals surface area contributed by atoms with Crippen LogP contribution in [-0.4, -0.2) is 9.97 Å². The van der Waals surface area contributed by atoms with Crippen LogP contribution >= 0.6 is 34.0 Å². The van der Waals surface area contributed by atoms with Crippen molar-refractivity contribution in [1.82, 2.24) is 9.97 Å². The number of nitrogens with zero attached hydrogens (tertiary/aromatic N) is 2. The molecule has 0 N–H and O–H groups in total. The van der Waals surface area contributed by atoms with Crippen LogP contribution in [-0.2, 0) is 21.7 Å². The Bertz CT molecular complexity index is 2110. The van der Waals surface area contributed by atoms with Crippen LogP contribution in [0.4, 0.5) is 0 Å². The van der Waals surface area contributed by atoms with Gasteiger partial charge in [0.25, 0.3) is 0 Å². The summed E-state index contributed by atoms with van der Waals surface area (Å²) in [6.45, 7) is 32.1. The molecule has 256 valence electrons. The molecule has 0 aliphatic carbocycles. The van der Waals surface area contributed by atoms with E-state index in [1.165, 1.54) is 63.7 Å². The number of hydrogen-bond donors (Lipinski definition) is 0. The molecule has 5 heteroatoms. The first-order valence-corrected chi connectivity index (χ1v) is 19.9. The molecule has 2 nitrogen and oxygen atoms in total. The standard InChI is InChI=1S/C44H52N2S3/c1-25-36(45-39(47-25)27-19-29(41(3,4)5)23-30(20-27)42(6,7)8)35-33-17-15-16-18-34(33)49-38(35)37-26(2)48-40(46-37)28-21-31(43(9,10)11)24-32(22-28)44(12,13)14/h15-24H,1-14H3. The van der Waals surface area contributed by atoms with E-state index < -0.39 is 0 Å². The quantitative estimate of drug-likeness (QED) is 0.183. The third-order valence-electron chi connectivity index (χ3n) is 9.46. The molecule has 3 aromatic carbocycles. The Morgan fingerprint density at radius 2 is 0.857 bits per heavy atom. The summed E-state index contributed by atoms with van der Waals surface area (Å²) in [5.74, 6) is 0. The van der Waals surface area contributed by atoms with E-state index in [-0.39, 0.29) is 21.7 Å². The van der Waals surface area contributed by atoms with E-state index in [0.717, 1.165) is 21.4 Å². The molecule has 0 spiro atoms. The van der Waals surface area contributed by atoms with Gasteiger partial charge in [0.15, 0.2) is 0 Å². The molecule has 0 unspecified atom stereocenters. The van der Waals surface area contributed by atoms with E-state index in [2.05, 4.69) is 158 Å². The SMILES string of the molecule is Cc1sc(-c2cc(C(C)(C)C)cc(C(C)(C)C)c2)nc1-c1sc2ccccc2c1-c1nc(-c2cc(C(C)(C)C)cc(C(C)(C)C)c2)sc1C. The van der Waals surface area contributed by atoms with Crippen molar-refractivity contribution in [1.29, 1.82) is 0 Å². The van der Waals surface area contributed by atoms with Gasteiger partial charge in [-0.25, -0.2) is 9.97 Å². The predicted molar refractivity (Wildman–Crippen MR) is 219 cm³/mol. The lowest BCUT2D eigenvalue weighted by Crippen LogP contribution is -2.16. The van der Waals surface area contributed by atoms with Gasteiger partial charge in [0.2, 0.25) is 0 Å². The Balaban J connectivity index is 1.53. The third-order valence-corrected chi connectivity index (χ3v) is 12.7. The molecule has 0 atom stereocenters. The second-order valence-corrected chi connectivity index (χ2v) is 21.2. The minimum Gasteiger partial charge on any atom is -0.236 e. The van der Waals surface area contributed by atoms with Gasteiger partial charge in [-0.1, -0.05) is 113 Å². The summed E-state index contributed by atoms with van der Waals surface area (Å²) >= 11 is 5.46. The van der Waals surface area contributed by atoms with Crippen LogP contribution in [0.2, 0.25) is 0 Å². The van der Waals surface area contributed by atoms with E-state index >= 15 is 0 Å². The molecule has 49 heavy (non-hydrogen) atoms. The Morgan fingerprint density at radius 1 is 0.469 bits per heavy atom. The molecule has 6 aromatic rings. The molecule has 3 heterocycles. The van der Waals surface area contributed by atoms with Crippen LogP contribution < -0.4 is 0 Å². The Morgan fingerprint density at radius 3 is 1.29 bits per heavy atom. The molecular formula is C44H52N2S3. The normalized spacial score (nSPS) is 13.1. The highest BCUT2D eigenvalue weighted by Gasteiger charge is 2.27. The van der Waals surface area contributed by atoms with E-state index in [1.807, 2.05) is 11.3 Å². The summed E-state index contributed by atoms with van der Waals surface area (Å²) in [5.41, 5.74) is 11.4. The topological polar surface area (TPSA) is 25.8 Å². The van der Waals surface area contributed by atoms with Gasteiger partial charge in [-0.3, -0.25) is 0 Å². The Hall–Kier alpha value is -3.12.